The van der Waals surface area contributed by atoms with Gasteiger partial charge < -0.3 is 9.64 Å². The third-order valence-corrected chi connectivity index (χ3v) is 3.04. The molecule has 1 amide bonds. The van der Waals surface area contributed by atoms with Gasteiger partial charge in [-0.25, -0.2) is 0 Å². The smallest absolute Gasteiger partial charge is 0.227 e. The van der Waals surface area contributed by atoms with E-state index < -0.39 is 6.10 Å². The molecule has 0 aliphatic carbocycles. The van der Waals surface area contributed by atoms with Crippen LogP contribution in [0.1, 0.15) is 11.1 Å². The van der Waals surface area contributed by atoms with Gasteiger partial charge >= 0.3 is 0 Å². The first kappa shape index (κ1) is 12.6. The molecular weight excluding hydrogens is 228 g/mol. The second-order valence-corrected chi connectivity index (χ2v) is 4.49. The van der Waals surface area contributed by atoms with E-state index in [0.29, 0.717) is 26.1 Å². The lowest BCUT2D eigenvalue weighted by Gasteiger charge is -2.29. The lowest BCUT2D eigenvalue weighted by atomic mass is 10.1. The number of ether oxygens (including phenoxy) is 1. The summed E-state index contributed by atoms with van der Waals surface area (Å²) in [5.74, 6) is 0.0578. The molecule has 1 aromatic rings. The van der Waals surface area contributed by atoms with Crippen LogP contribution in [0.25, 0.3) is 0 Å². The number of benzene rings is 1. The summed E-state index contributed by atoms with van der Waals surface area (Å²) >= 11 is 0. The number of carbonyl (C=O) groups excluding carboxylic acids is 1. The molecule has 1 aliphatic rings. The van der Waals surface area contributed by atoms with Crippen molar-refractivity contribution in [3.05, 3.63) is 35.4 Å². The average Bonchev–Trinajstić information content (AvgIpc) is 2.41. The van der Waals surface area contributed by atoms with Gasteiger partial charge in [0.05, 0.1) is 25.6 Å². The van der Waals surface area contributed by atoms with Crippen molar-refractivity contribution in [1.82, 2.24) is 4.90 Å². The largest absolute Gasteiger partial charge is 0.360 e. The Hall–Kier alpha value is -1.86. The van der Waals surface area contributed by atoms with Crippen molar-refractivity contribution in [2.45, 2.75) is 19.4 Å². The standard InChI is InChI=1S/C14H16N2O2/c1-11-2-4-12(5-3-11)8-14(17)16-6-7-18-13(9-15)10-16/h2-5,13H,6-8,10H2,1H3. The number of amides is 1. The first-order valence-electron chi connectivity index (χ1n) is 6.03. The van der Waals surface area contributed by atoms with E-state index in [9.17, 15) is 4.79 Å². The van der Waals surface area contributed by atoms with Crippen LogP contribution in [0.2, 0.25) is 0 Å². The summed E-state index contributed by atoms with van der Waals surface area (Å²) in [5.41, 5.74) is 2.19. The predicted molar refractivity (Wildman–Crippen MR) is 66.8 cm³/mol. The van der Waals surface area contributed by atoms with Crippen LogP contribution >= 0.6 is 0 Å². The number of aryl methyl sites for hydroxylation is 1. The first-order valence-corrected chi connectivity index (χ1v) is 6.03. The summed E-state index contributed by atoms with van der Waals surface area (Å²) in [6.45, 7) is 3.41. The van der Waals surface area contributed by atoms with Crippen molar-refractivity contribution in [1.29, 1.82) is 5.26 Å². The molecule has 1 aliphatic heterocycles. The third kappa shape index (κ3) is 3.08. The normalized spacial score (nSPS) is 19.3. The van der Waals surface area contributed by atoms with E-state index >= 15 is 0 Å². The van der Waals surface area contributed by atoms with Crippen molar-refractivity contribution < 1.29 is 9.53 Å². The maximum atomic E-state index is 12.1. The molecule has 0 spiro atoms. The molecule has 1 heterocycles. The number of nitriles is 1. The van der Waals surface area contributed by atoms with Crippen LogP contribution in [0.15, 0.2) is 24.3 Å². The molecule has 0 saturated carbocycles. The fourth-order valence-electron chi connectivity index (χ4n) is 1.95. The fourth-order valence-corrected chi connectivity index (χ4v) is 1.95. The topological polar surface area (TPSA) is 53.3 Å². The van der Waals surface area contributed by atoms with Crippen LogP contribution < -0.4 is 0 Å². The van der Waals surface area contributed by atoms with Gasteiger partial charge in [0.15, 0.2) is 6.10 Å². The van der Waals surface area contributed by atoms with E-state index in [1.165, 1.54) is 5.56 Å². The molecule has 0 N–H and O–H groups in total. The van der Waals surface area contributed by atoms with E-state index in [1.807, 2.05) is 37.3 Å². The highest BCUT2D eigenvalue weighted by Crippen LogP contribution is 2.09. The Morgan fingerprint density at radius 1 is 1.50 bits per heavy atom. The van der Waals surface area contributed by atoms with E-state index in [0.717, 1.165) is 5.56 Å². The molecule has 4 heteroatoms. The van der Waals surface area contributed by atoms with E-state index in [2.05, 4.69) is 0 Å². The molecule has 1 saturated heterocycles. The molecule has 1 unspecified atom stereocenters. The zero-order chi connectivity index (χ0) is 13.0. The highest BCUT2D eigenvalue weighted by atomic mass is 16.5. The summed E-state index contributed by atoms with van der Waals surface area (Å²) in [5, 5.41) is 8.80. The number of morpholine rings is 1. The average molecular weight is 244 g/mol. The Morgan fingerprint density at radius 3 is 2.89 bits per heavy atom. The molecule has 2 rings (SSSR count). The molecule has 1 aromatic carbocycles. The number of nitrogens with zero attached hydrogens (tertiary/aromatic N) is 2. The van der Waals surface area contributed by atoms with Crippen molar-refractivity contribution in [3.8, 4) is 6.07 Å². The number of rotatable bonds is 2. The van der Waals surface area contributed by atoms with E-state index in [-0.39, 0.29) is 5.91 Å². The SMILES string of the molecule is Cc1ccc(CC(=O)N2CCOC(C#N)C2)cc1. The maximum Gasteiger partial charge on any atom is 0.227 e. The lowest BCUT2D eigenvalue weighted by Crippen LogP contribution is -2.45. The fraction of sp³-hybridized carbons (Fsp3) is 0.429. The van der Waals surface area contributed by atoms with Crippen LogP contribution in [0.5, 0.6) is 0 Å². The lowest BCUT2D eigenvalue weighted by molar-refractivity contribution is -0.136. The molecule has 4 nitrogen and oxygen atoms in total. The third-order valence-electron chi connectivity index (χ3n) is 3.04. The summed E-state index contributed by atoms with van der Waals surface area (Å²) in [6.07, 6.45) is -0.0981. The van der Waals surface area contributed by atoms with Gasteiger partial charge in [0.25, 0.3) is 0 Å². The minimum absolute atomic E-state index is 0.0578. The van der Waals surface area contributed by atoms with Crippen LogP contribution in [-0.4, -0.2) is 36.6 Å². The summed E-state index contributed by atoms with van der Waals surface area (Å²) in [4.78, 5) is 13.8. The molecule has 0 radical (unpaired) electrons. The summed E-state index contributed by atoms with van der Waals surface area (Å²) < 4.78 is 5.22. The highest BCUT2D eigenvalue weighted by molar-refractivity contribution is 5.79. The number of hydrogen-bond donors (Lipinski definition) is 0. The summed E-state index contributed by atoms with van der Waals surface area (Å²) in [7, 11) is 0. The number of hydrogen-bond acceptors (Lipinski definition) is 3. The Kier molecular flexibility index (Phi) is 3.96. The van der Waals surface area contributed by atoms with Gasteiger partial charge in [-0.3, -0.25) is 4.79 Å². The van der Waals surface area contributed by atoms with Gasteiger partial charge in [-0.05, 0) is 12.5 Å². The highest BCUT2D eigenvalue weighted by Gasteiger charge is 2.23. The van der Waals surface area contributed by atoms with Crippen molar-refractivity contribution >= 4 is 5.91 Å². The van der Waals surface area contributed by atoms with Crippen LogP contribution in [0.4, 0.5) is 0 Å². The van der Waals surface area contributed by atoms with Crippen LogP contribution in [0.3, 0.4) is 0 Å². The minimum atomic E-state index is -0.485. The quantitative estimate of drug-likeness (QED) is 0.787. The molecule has 1 atom stereocenters. The van der Waals surface area contributed by atoms with Crippen molar-refractivity contribution in [2.24, 2.45) is 0 Å². The maximum absolute atomic E-state index is 12.1. The second kappa shape index (κ2) is 5.65. The second-order valence-electron chi connectivity index (χ2n) is 4.49. The predicted octanol–water partition coefficient (Wildman–Crippen LogP) is 1.29. The molecule has 0 aromatic heterocycles. The van der Waals surface area contributed by atoms with Crippen molar-refractivity contribution in [2.75, 3.05) is 19.7 Å². The van der Waals surface area contributed by atoms with Gasteiger partial charge in [0.1, 0.15) is 0 Å². The molecule has 18 heavy (non-hydrogen) atoms. The van der Waals surface area contributed by atoms with Crippen molar-refractivity contribution in [3.63, 3.8) is 0 Å². The van der Waals surface area contributed by atoms with Gasteiger partial charge in [-0.15, -0.1) is 0 Å². The van der Waals surface area contributed by atoms with E-state index in [4.69, 9.17) is 10.00 Å². The monoisotopic (exact) mass is 244 g/mol. The summed E-state index contributed by atoms with van der Waals surface area (Å²) in [6, 6.07) is 9.98. The molecular formula is C14H16N2O2. The van der Waals surface area contributed by atoms with Gasteiger partial charge in [-0.2, -0.15) is 5.26 Å². The zero-order valence-corrected chi connectivity index (χ0v) is 10.4. The Balaban J connectivity index is 1.95. The van der Waals surface area contributed by atoms with Crippen LogP contribution in [-0.2, 0) is 16.0 Å². The van der Waals surface area contributed by atoms with Gasteiger partial charge in [0.2, 0.25) is 5.91 Å². The molecule has 0 bridgehead atoms. The van der Waals surface area contributed by atoms with E-state index in [1.54, 1.807) is 4.90 Å². The molecule has 94 valence electrons. The minimum Gasteiger partial charge on any atom is -0.360 e. The van der Waals surface area contributed by atoms with Gasteiger partial charge in [0, 0.05) is 6.54 Å². The zero-order valence-electron chi connectivity index (χ0n) is 10.4. The number of carbonyl (C=O) groups is 1. The van der Waals surface area contributed by atoms with Crippen LogP contribution in [0, 0.1) is 18.3 Å². The Labute approximate surface area is 107 Å². The molecule has 1 fully saturated rings. The Morgan fingerprint density at radius 2 is 2.22 bits per heavy atom. The first-order chi connectivity index (χ1) is 8.69. The van der Waals surface area contributed by atoms with Gasteiger partial charge in [-0.1, -0.05) is 29.8 Å². The Bertz CT molecular complexity index is 462.